The summed E-state index contributed by atoms with van der Waals surface area (Å²) in [5.74, 6) is 0.429. The van der Waals surface area contributed by atoms with Gasteiger partial charge in [0.05, 0.1) is 6.04 Å². The molecule has 5 heteroatoms. The Hall–Kier alpha value is 0.0700. The van der Waals surface area contributed by atoms with Gasteiger partial charge >= 0.3 is 0 Å². The molecule has 0 aromatic carbocycles. The van der Waals surface area contributed by atoms with Gasteiger partial charge in [0.1, 0.15) is 0 Å². The Bertz CT molecular complexity index is 253. The van der Waals surface area contributed by atoms with E-state index < -0.39 is 0 Å². The predicted molar refractivity (Wildman–Crippen MR) is 82.4 cm³/mol. The van der Waals surface area contributed by atoms with Crippen LogP contribution >= 0.6 is 24.2 Å². The van der Waals surface area contributed by atoms with Crippen LogP contribution in [0.25, 0.3) is 0 Å². The second-order valence-corrected chi connectivity index (χ2v) is 6.19. The molecule has 2 N–H and O–H groups in total. The fourth-order valence-electron chi connectivity index (χ4n) is 2.20. The van der Waals surface area contributed by atoms with Crippen molar-refractivity contribution in [3.8, 4) is 0 Å². The first-order valence-corrected chi connectivity index (χ1v) is 7.96. The zero-order valence-corrected chi connectivity index (χ0v) is 13.4. The molecule has 0 aromatic rings. The molecule has 3 nitrogen and oxygen atoms in total. The molecule has 1 amide bonds. The molecule has 1 fully saturated rings. The maximum Gasteiger partial charge on any atom is 0.239 e. The summed E-state index contributed by atoms with van der Waals surface area (Å²) in [6.07, 6.45) is 6.67. The minimum Gasteiger partial charge on any atom is -0.340 e. The third kappa shape index (κ3) is 4.98. The molecular formula is C13H27ClN2OS. The van der Waals surface area contributed by atoms with E-state index in [4.69, 9.17) is 5.73 Å². The fraction of sp³-hybridized carbons (Fsp3) is 0.923. The third-order valence-electron chi connectivity index (χ3n) is 3.82. The number of nitrogens with two attached hydrogens (primary N) is 1. The maximum absolute atomic E-state index is 12.3. The summed E-state index contributed by atoms with van der Waals surface area (Å²) in [7, 11) is 0. The van der Waals surface area contributed by atoms with Crippen molar-refractivity contribution in [3.63, 3.8) is 0 Å². The zero-order valence-electron chi connectivity index (χ0n) is 11.7. The number of hydrogen-bond donors (Lipinski definition) is 1. The van der Waals surface area contributed by atoms with Gasteiger partial charge in [0, 0.05) is 18.3 Å². The van der Waals surface area contributed by atoms with Crippen molar-refractivity contribution in [2.24, 2.45) is 11.7 Å². The van der Waals surface area contributed by atoms with Crippen LogP contribution in [-0.4, -0.2) is 41.4 Å². The molecule has 3 unspecified atom stereocenters. The number of likely N-dealkylation sites (tertiary alicyclic amines) is 1. The average molecular weight is 295 g/mol. The highest BCUT2D eigenvalue weighted by Crippen LogP contribution is 2.21. The number of carbonyl (C=O) groups excluding carboxylic acids is 1. The van der Waals surface area contributed by atoms with Gasteiger partial charge in [0.15, 0.2) is 0 Å². The fourth-order valence-corrected chi connectivity index (χ4v) is 2.94. The van der Waals surface area contributed by atoms with E-state index in [-0.39, 0.29) is 30.3 Å². The van der Waals surface area contributed by atoms with Crippen LogP contribution < -0.4 is 5.73 Å². The number of hydrogen-bond acceptors (Lipinski definition) is 3. The van der Waals surface area contributed by atoms with Gasteiger partial charge in [0.25, 0.3) is 0 Å². The third-order valence-corrected chi connectivity index (χ3v) is 4.87. The monoisotopic (exact) mass is 294 g/mol. The lowest BCUT2D eigenvalue weighted by Gasteiger charge is -2.28. The lowest BCUT2D eigenvalue weighted by Crippen LogP contribution is -2.48. The zero-order chi connectivity index (χ0) is 12.8. The molecule has 0 spiro atoms. The van der Waals surface area contributed by atoms with Crippen molar-refractivity contribution in [2.75, 3.05) is 19.3 Å². The van der Waals surface area contributed by atoms with Crippen LogP contribution in [0.1, 0.15) is 39.5 Å². The molecule has 18 heavy (non-hydrogen) atoms. The van der Waals surface area contributed by atoms with Gasteiger partial charge in [-0.15, -0.1) is 12.4 Å². The molecule has 0 aliphatic carbocycles. The number of rotatable bonds is 4. The molecule has 1 saturated heterocycles. The van der Waals surface area contributed by atoms with E-state index in [1.165, 1.54) is 12.8 Å². The highest BCUT2D eigenvalue weighted by atomic mass is 35.5. The number of amides is 1. The second kappa shape index (κ2) is 9.05. The minimum atomic E-state index is -0.319. The summed E-state index contributed by atoms with van der Waals surface area (Å²) >= 11 is 1.87. The molecule has 1 aliphatic rings. The van der Waals surface area contributed by atoms with Crippen molar-refractivity contribution in [1.82, 2.24) is 4.90 Å². The van der Waals surface area contributed by atoms with E-state index in [1.54, 1.807) is 0 Å². The number of carbonyl (C=O) groups is 1. The lowest BCUT2D eigenvalue weighted by molar-refractivity contribution is -0.133. The number of halogens is 1. The molecule has 1 rings (SSSR count). The van der Waals surface area contributed by atoms with Gasteiger partial charge in [-0.3, -0.25) is 4.79 Å². The SMILES string of the molecule is CCC(C)C(N)C(=O)N1CCCCC(SC)C1.Cl. The van der Waals surface area contributed by atoms with E-state index in [9.17, 15) is 4.79 Å². The molecule has 0 radical (unpaired) electrons. The van der Waals surface area contributed by atoms with Crippen molar-refractivity contribution < 1.29 is 4.79 Å². The highest BCUT2D eigenvalue weighted by molar-refractivity contribution is 7.99. The molecule has 108 valence electrons. The molecule has 3 atom stereocenters. The molecule has 0 aromatic heterocycles. The van der Waals surface area contributed by atoms with Crippen LogP contribution in [0, 0.1) is 5.92 Å². The van der Waals surface area contributed by atoms with Gasteiger partial charge in [0.2, 0.25) is 5.91 Å². The maximum atomic E-state index is 12.3. The summed E-state index contributed by atoms with van der Waals surface area (Å²) in [6, 6.07) is -0.319. The minimum absolute atomic E-state index is 0. The molecule has 0 saturated carbocycles. The van der Waals surface area contributed by atoms with Crippen molar-refractivity contribution >= 4 is 30.1 Å². The standard InChI is InChI=1S/C13H26N2OS.ClH/c1-4-10(2)12(14)13(16)15-8-6-5-7-11(9-15)17-3;/h10-12H,4-9,14H2,1-3H3;1H. The predicted octanol–water partition coefficient (Wildman–Crippen LogP) is 2.53. The second-order valence-electron chi connectivity index (χ2n) is 5.05. The Morgan fingerprint density at radius 3 is 2.72 bits per heavy atom. The van der Waals surface area contributed by atoms with Crippen LogP contribution in [0.5, 0.6) is 0 Å². The average Bonchev–Trinajstić information content (AvgIpc) is 2.61. The van der Waals surface area contributed by atoms with Crippen molar-refractivity contribution in [1.29, 1.82) is 0 Å². The van der Waals surface area contributed by atoms with Gasteiger partial charge in [-0.25, -0.2) is 0 Å². The molecule has 1 aliphatic heterocycles. The quantitative estimate of drug-likeness (QED) is 0.867. The Kier molecular flexibility index (Phi) is 9.09. The normalized spacial score (nSPS) is 23.8. The number of nitrogens with zero attached hydrogens (tertiary/aromatic N) is 1. The number of thioether (sulfide) groups is 1. The van der Waals surface area contributed by atoms with E-state index in [1.807, 2.05) is 16.7 Å². The Balaban J connectivity index is 0.00000289. The van der Waals surface area contributed by atoms with Gasteiger partial charge < -0.3 is 10.6 Å². The Labute approximate surface area is 122 Å². The molecular weight excluding hydrogens is 268 g/mol. The Morgan fingerprint density at radius 1 is 1.50 bits per heavy atom. The lowest BCUT2D eigenvalue weighted by atomic mass is 9.99. The van der Waals surface area contributed by atoms with Gasteiger partial charge in [-0.05, 0) is 25.0 Å². The highest BCUT2D eigenvalue weighted by Gasteiger charge is 2.27. The van der Waals surface area contributed by atoms with Crippen LogP contribution in [0.2, 0.25) is 0 Å². The first kappa shape index (κ1) is 18.1. The topological polar surface area (TPSA) is 46.3 Å². The van der Waals surface area contributed by atoms with Gasteiger partial charge in [-0.2, -0.15) is 11.8 Å². The Morgan fingerprint density at radius 2 is 2.17 bits per heavy atom. The van der Waals surface area contributed by atoms with E-state index in [0.717, 1.165) is 25.9 Å². The largest absolute Gasteiger partial charge is 0.340 e. The first-order chi connectivity index (χ1) is 8.10. The van der Waals surface area contributed by atoms with E-state index in [2.05, 4.69) is 20.1 Å². The smallest absolute Gasteiger partial charge is 0.239 e. The summed E-state index contributed by atoms with van der Waals surface area (Å²) in [4.78, 5) is 14.3. The summed E-state index contributed by atoms with van der Waals surface area (Å²) in [5.41, 5.74) is 6.04. The van der Waals surface area contributed by atoms with E-state index in [0.29, 0.717) is 5.25 Å². The van der Waals surface area contributed by atoms with Crippen molar-refractivity contribution in [3.05, 3.63) is 0 Å². The van der Waals surface area contributed by atoms with Gasteiger partial charge in [-0.1, -0.05) is 26.7 Å². The first-order valence-electron chi connectivity index (χ1n) is 6.67. The summed E-state index contributed by atoms with van der Waals surface area (Å²) in [5, 5.41) is 0.589. The van der Waals surface area contributed by atoms with Crippen molar-refractivity contribution in [2.45, 2.75) is 50.8 Å². The van der Waals surface area contributed by atoms with Crippen LogP contribution in [-0.2, 0) is 4.79 Å². The van der Waals surface area contributed by atoms with Crippen LogP contribution in [0.3, 0.4) is 0 Å². The molecule has 1 heterocycles. The van der Waals surface area contributed by atoms with Crippen LogP contribution in [0.15, 0.2) is 0 Å². The molecule has 0 bridgehead atoms. The van der Waals surface area contributed by atoms with Crippen LogP contribution in [0.4, 0.5) is 0 Å². The van der Waals surface area contributed by atoms with E-state index >= 15 is 0 Å². The summed E-state index contributed by atoms with van der Waals surface area (Å²) in [6.45, 7) is 5.92. The summed E-state index contributed by atoms with van der Waals surface area (Å²) < 4.78 is 0.